The molecule has 0 saturated heterocycles. The zero-order chi connectivity index (χ0) is 18.4. The highest BCUT2D eigenvalue weighted by molar-refractivity contribution is 7.16. The van der Waals surface area contributed by atoms with Crippen LogP contribution in [-0.4, -0.2) is 29.4 Å². The molecule has 1 aromatic heterocycles. The lowest BCUT2D eigenvalue weighted by molar-refractivity contribution is -0.125. The zero-order valence-electron chi connectivity index (χ0n) is 15.1. The van der Waals surface area contributed by atoms with Crippen molar-refractivity contribution in [3.05, 3.63) is 35.2 Å². The summed E-state index contributed by atoms with van der Waals surface area (Å²) < 4.78 is 0. The molecule has 142 valence electrons. The molecule has 2 aromatic rings. The fraction of sp³-hybridized carbons (Fsp3) is 0.389. The first-order chi connectivity index (χ1) is 11.9. The van der Waals surface area contributed by atoms with Crippen LogP contribution in [0.2, 0.25) is 0 Å². The van der Waals surface area contributed by atoms with Gasteiger partial charge in [0, 0.05) is 10.4 Å². The molecule has 4 N–H and O–H groups in total. The summed E-state index contributed by atoms with van der Waals surface area (Å²) in [4.78, 5) is 29.5. The van der Waals surface area contributed by atoms with Gasteiger partial charge < -0.3 is 16.4 Å². The minimum atomic E-state index is -0.621. The Bertz CT molecular complexity index is 734. The summed E-state index contributed by atoms with van der Waals surface area (Å²) >= 11 is 1.45. The second kappa shape index (κ2) is 10.3. The van der Waals surface area contributed by atoms with Gasteiger partial charge in [-0.25, -0.2) is 4.98 Å². The number of amides is 2. The van der Waals surface area contributed by atoms with Gasteiger partial charge in [0.25, 0.3) is 0 Å². The number of benzene rings is 1. The number of nitrogens with one attached hydrogen (secondary N) is 2. The number of aromatic nitrogens is 1. The van der Waals surface area contributed by atoms with Gasteiger partial charge in [0.2, 0.25) is 11.8 Å². The van der Waals surface area contributed by atoms with Crippen molar-refractivity contribution in [1.29, 1.82) is 0 Å². The molecule has 1 atom stereocenters. The van der Waals surface area contributed by atoms with E-state index in [4.69, 9.17) is 5.73 Å². The number of thiazole rings is 1. The summed E-state index contributed by atoms with van der Waals surface area (Å²) in [5.41, 5.74) is 7.65. The van der Waals surface area contributed by atoms with E-state index in [1.54, 1.807) is 0 Å². The summed E-state index contributed by atoms with van der Waals surface area (Å²) in [6, 6.07) is 9.24. The third-order valence-electron chi connectivity index (χ3n) is 3.76. The number of aryl methyl sites for hydroxylation is 1. The van der Waals surface area contributed by atoms with E-state index in [1.165, 1.54) is 11.3 Å². The normalized spacial score (nSPS) is 11.6. The number of halogens is 1. The average molecular weight is 397 g/mol. The van der Waals surface area contributed by atoms with Gasteiger partial charge >= 0.3 is 0 Å². The van der Waals surface area contributed by atoms with Crippen LogP contribution in [-0.2, 0) is 16.0 Å². The third-order valence-corrected chi connectivity index (χ3v) is 4.87. The van der Waals surface area contributed by atoms with Crippen molar-refractivity contribution in [2.24, 2.45) is 11.7 Å². The maximum Gasteiger partial charge on any atom is 0.245 e. The van der Waals surface area contributed by atoms with E-state index in [0.717, 1.165) is 22.6 Å². The van der Waals surface area contributed by atoms with Crippen LogP contribution in [0.5, 0.6) is 0 Å². The summed E-state index contributed by atoms with van der Waals surface area (Å²) in [6.45, 7) is 5.65. The number of rotatable bonds is 7. The quantitative estimate of drug-likeness (QED) is 0.670. The minimum Gasteiger partial charge on any atom is -0.346 e. The lowest BCUT2D eigenvalue weighted by Gasteiger charge is -2.14. The Labute approximate surface area is 164 Å². The van der Waals surface area contributed by atoms with Crippen LogP contribution in [0.25, 0.3) is 11.3 Å². The van der Waals surface area contributed by atoms with Gasteiger partial charge in [0.05, 0.1) is 18.3 Å². The average Bonchev–Trinajstić information content (AvgIpc) is 3.02. The molecule has 0 fully saturated rings. The predicted molar refractivity (Wildman–Crippen MR) is 109 cm³/mol. The van der Waals surface area contributed by atoms with E-state index in [0.29, 0.717) is 5.13 Å². The lowest BCUT2D eigenvalue weighted by Crippen LogP contribution is -2.46. The number of anilines is 1. The maximum atomic E-state index is 12.1. The first kappa shape index (κ1) is 22.1. The minimum absolute atomic E-state index is 0. The molecule has 2 rings (SSSR count). The van der Waals surface area contributed by atoms with Crippen LogP contribution in [0.4, 0.5) is 5.13 Å². The number of nitrogens with zero attached hydrogens (tertiary/aromatic N) is 1. The molecule has 0 bridgehead atoms. The molecular weight excluding hydrogens is 372 g/mol. The van der Waals surface area contributed by atoms with Crippen molar-refractivity contribution < 1.29 is 9.59 Å². The molecule has 0 saturated carbocycles. The fourth-order valence-electron chi connectivity index (χ4n) is 2.22. The van der Waals surface area contributed by atoms with E-state index in [-0.39, 0.29) is 36.7 Å². The highest BCUT2D eigenvalue weighted by Gasteiger charge is 2.18. The Morgan fingerprint density at radius 3 is 2.46 bits per heavy atom. The molecule has 0 aliphatic rings. The molecule has 8 heteroatoms. The highest BCUT2D eigenvalue weighted by atomic mass is 35.5. The van der Waals surface area contributed by atoms with Gasteiger partial charge in [-0.3, -0.25) is 9.59 Å². The fourth-order valence-corrected chi connectivity index (χ4v) is 3.16. The van der Waals surface area contributed by atoms with E-state index >= 15 is 0 Å². The van der Waals surface area contributed by atoms with Crippen LogP contribution in [0.3, 0.4) is 0 Å². The molecule has 2 amide bonds. The van der Waals surface area contributed by atoms with Crippen molar-refractivity contribution in [2.45, 2.75) is 33.2 Å². The van der Waals surface area contributed by atoms with Crippen LogP contribution in [0.1, 0.15) is 25.6 Å². The van der Waals surface area contributed by atoms with E-state index in [9.17, 15) is 9.59 Å². The molecule has 26 heavy (non-hydrogen) atoms. The third kappa shape index (κ3) is 5.79. The van der Waals surface area contributed by atoms with Gasteiger partial charge in [-0.2, -0.15) is 0 Å². The topological polar surface area (TPSA) is 97.1 Å². The van der Waals surface area contributed by atoms with Crippen LogP contribution < -0.4 is 16.4 Å². The summed E-state index contributed by atoms with van der Waals surface area (Å²) in [5.74, 6) is -0.633. The first-order valence-corrected chi connectivity index (χ1v) is 9.12. The molecule has 0 unspecified atom stereocenters. The number of hydrogen-bond donors (Lipinski definition) is 3. The molecule has 0 aliphatic carbocycles. The van der Waals surface area contributed by atoms with Gasteiger partial charge in [0.15, 0.2) is 5.13 Å². The molecule has 1 aromatic carbocycles. The largest absolute Gasteiger partial charge is 0.346 e. The summed E-state index contributed by atoms with van der Waals surface area (Å²) in [5, 5.41) is 5.83. The Kier molecular flexibility index (Phi) is 8.71. The number of nitrogens with two attached hydrogens (primary N) is 1. The van der Waals surface area contributed by atoms with Crippen molar-refractivity contribution in [3.8, 4) is 11.3 Å². The summed E-state index contributed by atoms with van der Waals surface area (Å²) in [7, 11) is 0. The SMILES string of the molecule is CCc1sc(NC(=O)CNC(=O)[C@@H](N)C(C)C)nc1-c1ccccc1.Cl. The predicted octanol–water partition coefficient (Wildman–Crippen LogP) is 2.83. The van der Waals surface area contributed by atoms with E-state index < -0.39 is 6.04 Å². The summed E-state index contributed by atoms with van der Waals surface area (Å²) in [6.07, 6.45) is 0.831. The Morgan fingerprint density at radius 2 is 1.88 bits per heavy atom. The van der Waals surface area contributed by atoms with Crippen molar-refractivity contribution >= 4 is 40.7 Å². The molecule has 1 heterocycles. The van der Waals surface area contributed by atoms with E-state index in [1.807, 2.05) is 44.2 Å². The monoisotopic (exact) mass is 396 g/mol. The van der Waals surface area contributed by atoms with Crippen molar-refractivity contribution in [3.63, 3.8) is 0 Å². The number of hydrogen-bond acceptors (Lipinski definition) is 5. The second-order valence-corrected chi connectivity index (χ2v) is 7.13. The van der Waals surface area contributed by atoms with Gasteiger partial charge in [-0.15, -0.1) is 23.7 Å². The standard InChI is InChI=1S/C18H24N4O2S.ClH/c1-4-13-16(12-8-6-5-7-9-12)22-18(25-13)21-14(23)10-20-17(24)15(19)11(2)3;/h5-9,11,15H,4,10,19H2,1-3H3,(H,20,24)(H,21,22,23);1H/t15-;/m0./s1. The van der Waals surface area contributed by atoms with Gasteiger partial charge in [0.1, 0.15) is 0 Å². The number of carbonyl (C=O) groups excluding carboxylic acids is 2. The van der Waals surface area contributed by atoms with Crippen LogP contribution in [0, 0.1) is 5.92 Å². The van der Waals surface area contributed by atoms with Crippen molar-refractivity contribution in [1.82, 2.24) is 10.3 Å². The molecule has 0 spiro atoms. The Hall–Kier alpha value is -1.96. The Balaban J connectivity index is 0.00000338. The number of carbonyl (C=O) groups is 2. The first-order valence-electron chi connectivity index (χ1n) is 8.30. The Morgan fingerprint density at radius 1 is 1.23 bits per heavy atom. The zero-order valence-corrected chi connectivity index (χ0v) is 16.7. The van der Waals surface area contributed by atoms with Crippen molar-refractivity contribution in [2.75, 3.05) is 11.9 Å². The second-order valence-electron chi connectivity index (χ2n) is 6.05. The van der Waals surface area contributed by atoms with Gasteiger partial charge in [-0.1, -0.05) is 51.1 Å². The van der Waals surface area contributed by atoms with Crippen LogP contribution >= 0.6 is 23.7 Å². The molecule has 0 aliphatic heterocycles. The van der Waals surface area contributed by atoms with Crippen LogP contribution in [0.15, 0.2) is 30.3 Å². The molecule has 0 radical (unpaired) electrons. The van der Waals surface area contributed by atoms with Gasteiger partial charge in [-0.05, 0) is 12.3 Å². The highest BCUT2D eigenvalue weighted by Crippen LogP contribution is 2.31. The van der Waals surface area contributed by atoms with E-state index in [2.05, 4.69) is 22.5 Å². The maximum absolute atomic E-state index is 12.1. The smallest absolute Gasteiger partial charge is 0.245 e. The lowest BCUT2D eigenvalue weighted by atomic mass is 10.1. The molecule has 6 nitrogen and oxygen atoms in total. The molecular formula is C18H25ClN4O2S.